The number of alkyl halides is 3. The second-order valence-electron chi connectivity index (χ2n) is 15.4. The van der Waals surface area contributed by atoms with Crippen LogP contribution in [0.25, 0.3) is 21.9 Å². The predicted octanol–water partition coefficient (Wildman–Crippen LogP) is 5.79. The van der Waals surface area contributed by atoms with Gasteiger partial charge in [-0.05, 0) is 78.4 Å². The normalized spacial score (nSPS) is 18.5. The number of aryl methyl sites for hydroxylation is 1. The van der Waals surface area contributed by atoms with Crippen molar-refractivity contribution >= 4 is 34.2 Å². The molecule has 0 spiro atoms. The molecule has 7 rings (SSSR count). The predicted molar refractivity (Wildman–Crippen MR) is 210 cm³/mol. The first-order chi connectivity index (χ1) is 27.3. The third-order valence-electron chi connectivity index (χ3n) is 11.7. The van der Waals surface area contributed by atoms with E-state index in [9.17, 15) is 32.3 Å². The number of methoxy groups -OCH3 is 2. The number of hydrogen-bond donors (Lipinski definition) is 1. The van der Waals surface area contributed by atoms with Gasteiger partial charge in [0, 0.05) is 94.5 Å². The maximum atomic E-state index is 14.3. The van der Waals surface area contributed by atoms with Gasteiger partial charge in [0.2, 0.25) is 17.7 Å². The SMILES string of the molecule is COc1cc(-c2cn(C)c(=O)c3ccccc23)cc(OC)c1CN1CCN(C(=O)CC2CCN(c3ccc(CC4CCC(=O)NC4=O)cc3C(F)(F)F)CC2)CC1. The molecule has 3 saturated heterocycles. The number of nitrogens with zero attached hydrogens (tertiary/aromatic N) is 4. The van der Waals surface area contributed by atoms with Crippen LogP contribution < -0.4 is 25.2 Å². The smallest absolute Gasteiger partial charge is 0.418 e. The van der Waals surface area contributed by atoms with Crippen LogP contribution in [0.2, 0.25) is 0 Å². The standard InChI is InChI=1S/C43H48F3N5O6/c1-48-25-33(31-6-4-5-7-32(31)42(48)55)30-23-37(56-2)34(38(24-30)57-3)26-49-16-18-51(19-17-49)40(53)22-27-12-14-50(15-13-27)36-10-8-28(21-35(36)43(44,45)46)20-29-9-11-39(52)47-41(29)54/h4-8,10,21,23-25,27,29H,9,11-20,22,26H2,1-3H3,(H,47,52,54). The highest BCUT2D eigenvalue weighted by atomic mass is 19.4. The van der Waals surface area contributed by atoms with Gasteiger partial charge in [0.05, 0.1) is 25.3 Å². The van der Waals surface area contributed by atoms with Crippen molar-refractivity contribution in [3.63, 3.8) is 0 Å². The van der Waals surface area contributed by atoms with E-state index in [1.54, 1.807) is 36.8 Å². The Morgan fingerprint density at radius 3 is 2.16 bits per heavy atom. The topological polar surface area (TPSA) is 113 Å². The first kappa shape index (κ1) is 39.8. The van der Waals surface area contributed by atoms with E-state index in [4.69, 9.17) is 9.47 Å². The van der Waals surface area contributed by atoms with Gasteiger partial charge in [0.25, 0.3) is 5.56 Å². The number of carbonyl (C=O) groups is 3. The molecule has 4 heterocycles. The molecule has 3 fully saturated rings. The minimum atomic E-state index is -4.58. The summed E-state index contributed by atoms with van der Waals surface area (Å²) in [5, 5.41) is 3.74. The number of imide groups is 1. The van der Waals surface area contributed by atoms with Crippen LogP contribution in [0, 0.1) is 11.8 Å². The molecule has 14 heteroatoms. The second kappa shape index (κ2) is 16.6. The molecular weight excluding hydrogens is 739 g/mol. The molecule has 302 valence electrons. The molecule has 3 aliphatic rings. The summed E-state index contributed by atoms with van der Waals surface area (Å²) in [5.41, 5.74) is 2.35. The number of nitrogens with one attached hydrogen (secondary N) is 1. The van der Waals surface area contributed by atoms with E-state index in [-0.39, 0.29) is 41.8 Å². The Labute approximate surface area is 329 Å². The lowest BCUT2D eigenvalue weighted by molar-refractivity contribution is -0.137. The molecule has 0 saturated carbocycles. The van der Waals surface area contributed by atoms with Gasteiger partial charge in [-0.1, -0.05) is 24.3 Å². The lowest BCUT2D eigenvalue weighted by Gasteiger charge is -2.38. The van der Waals surface area contributed by atoms with Gasteiger partial charge in [0.15, 0.2) is 0 Å². The van der Waals surface area contributed by atoms with Crippen molar-refractivity contribution in [2.45, 2.75) is 51.2 Å². The number of anilines is 1. The zero-order valence-electron chi connectivity index (χ0n) is 32.5. The molecule has 11 nitrogen and oxygen atoms in total. The number of pyridine rings is 1. The van der Waals surface area contributed by atoms with Crippen molar-refractivity contribution in [3.8, 4) is 22.6 Å². The highest BCUT2D eigenvalue weighted by Gasteiger charge is 2.37. The van der Waals surface area contributed by atoms with Crippen molar-refractivity contribution in [2.75, 3.05) is 58.4 Å². The molecule has 1 aromatic heterocycles. The summed E-state index contributed by atoms with van der Waals surface area (Å²) in [4.78, 5) is 55.9. The van der Waals surface area contributed by atoms with E-state index >= 15 is 0 Å². The van der Waals surface area contributed by atoms with Crippen molar-refractivity contribution in [1.82, 2.24) is 19.7 Å². The molecule has 0 radical (unpaired) electrons. The van der Waals surface area contributed by atoms with Gasteiger partial charge < -0.3 is 23.8 Å². The molecule has 1 atom stereocenters. The van der Waals surface area contributed by atoms with E-state index in [1.807, 2.05) is 47.5 Å². The number of fused-ring (bicyclic) bond motifs is 1. The fourth-order valence-electron chi connectivity index (χ4n) is 8.51. The maximum absolute atomic E-state index is 14.3. The van der Waals surface area contributed by atoms with Crippen LogP contribution in [0.3, 0.4) is 0 Å². The zero-order chi connectivity index (χ0) is 40.4. The van der Waals surface area contributed by atoms with E-state index < -0.39 is 23.6 Å². The summed E-state index contributed by atoms with van der Waals surface area (Å²) in [6.07, 6.45) is -0.567. The minimum absolute atomic E-state index is 0.0610. The molecule has 3 aromatic carbocycles. The Bertz CT molecular complexity index is 2200. The highest BCUT2D eigenvalue weighted by Crippen LogP contribution is 2.40. The third-order valence-corrected chi connectivity index (χ3v) is 11.7. The summed E-state index contributed by atoms with van der Waals surface area (Å²) in [6.45, 7) is 3.80. The van der Waals surface area contributed by atoms with Crippen molar-refractivity contribution < 1.29 is 37.0 Å². The summed E-state index contributed by atoms with van der Waals surface area (Å²) in [7, 11) is 4.99. The molecule has 57 heavy (non-hydrogen) atoms. The largest absolute Gasteiger partial charge is 0.496 e. The number of aromatic nitrogens is 1. The Kier molecular flexibility index (Phi) is 11.6. The number of benzene rings is 3. The number of piperidine rings is 2. The Morgan fingerprint density at radius 2 is 1.53 bits per heavy atom. The maximum Gasteiger partial charge on any atom is 0.418 e. The number of halogens is 3. The highest BCUT2D eigenvalue weighted by molar-refractivity contribution is 5.99. The van der Waals surface area contributed by atoms with Crippen LogP contribution in [0.5, 0.6) is 11.5 Å². The number of rotatable bonds is 10. The fourth-order valence-corrected chi connectivity index (χ4v) is 8.51. The average molecular weight is 788 g/mol. The summed E-state index contributed by atoms with van der Waals surface area (Å²) in [6, 6.07) is 15.7. The summed E-state index contributed by atoms with van der Waals surface area (Å²) < 4.78 is 56.2. The van der Waals surface area contributed by atoms with E-state index in [0.717, 1.165) is 28.1 Å². The minimum Gasteiger partial charge on any atom is -0.496 e. The first-order valence-corrected chi connectivity index (χ1v) is 19.5. The van der Waals surface area contributed by atoms with Crippen LogP contribution in [-0.4, -0.2) is 85.6 Å². The molecule has 1 unspecified atom stereocenters. The fraction of sp³-hybridized carbons (Fsp3) is 0.442. The quantitative estimate of drug-likeness (QED) is 0.201. The van der Waals surface area contributed by atoms with Crippen LogP contribution in [-0.2, 0) is 40.6 Å². The second-order valence-corrected chi connectivity index (χ2v) is 15.4. The molecular formula is C43H48F3N5O6. The van der Waals surface area contributed by atoms with Gasteiger partial charge >= 0.3 is 6.18 Å². The molecule has 3 aliphatic heterocycles. The number of carbonyl (C=O) groups excluding carboxylic acids is 3. The zero-order valence-corrected chi connectivity index (χ0v) is 32.5. The molecule has 1 N–H and O–H groups in total. The van der Waals surface area contributed by atoms with E-state index in [1.165, 1.54) is 6.07 Å². The number of piperazine rings is 1. The van der Waals surface area contributed by atoms with Gasteiger partial charge in [-0.3, -0.25) is 29.4 Å². The van der Waals surface area contributed by atoms with Crippen LogP contribution in [0.4, 0.5) is 18.9 Å². The molecule has 4 aromatic rings. The monoisotopic (exact) mass is 787 g/mol. The number of amides is 3. The van der Waals surface area contributed by atoms with Crippen molar-refractivity contribution in [3.05, 3.63) is 87.8 Å². The number of ether oxygens (including phenoxy) is 2. The third kappa shape index (κ3) is 8.65. The first-order valence-electron chi connectivity index (χ1n) is 19.5. The Balaban J connectivity index is 0.941. The lowest BCUT2D eigenvalue weighted by atomic mass is 9.89. The molecule has 0 bridgehead atoms. The van der Waals surface area contributed by atoms with E-state index in [2.05, 4.69) is 10.2 Å². The van der Waals surface area contributed by atoms with Gasteiger partial charge in [-0.2, -0.15) is 13.2 Å². The Morgan fingerprint density at radius 1 is 0.860 bits per heavy atom. The summed E-state index contributed by atoms with van der Waals surface area (Å²) in [5.74, 6) is 0.116. The molecule has 3 amide bonds. The van der Waals surface area contributed by atoms with Crippen molar-refractivity contribution in [2.24, 2.45) is 18.9 Å². The van der Waals surface area contributed by atoms with Gasteiger partial charge in [-0.15, -0.1) is 0 Å². The van der Waals surface area contributed by atoms with Crippen LogP contribution in [0.15, 0.2) is 65.6 Å². The molecule has 0 aliphatic carbocycles. The van der Waals surface area contributed by atoms with Crippen LogP contribution in [0.1, 0.15) is 48.8 Å². The van der Waals surface area contributed by atoms with Gasteiger partial charge in [-0.25, -0.2) is 0 Å². The van der Waals surface area contributed by atoms with Crippen LogP contribution >= 0.6 is 0 Å². The summed E-state index contributed by atoms with van der Waals surface area (Å²) >= 11 is 0. The Hall–Kier alpha value is -5.37. The average Bonchev–Trinajstić information content (AvgIpc) is 3.20. The van der Waals surface area contributed by atoms with Crippen molar-refractivity contribution in [1.29, 1.82) is 0 Å². The lowest BCUT2D eigenvalue weighted by Crippen LogP contribution is -2.49. The van der Waals surface area contributed by atoms with E-state index in [0.29, 0.717) is 93.9 Å². The van der Waals surface area contributed by atoms with Gasteiger partial charge in [0.1, 0.15) is 11.5 Å². The number of hydrogen-bond acceptors (Lipinski definition) is 8.